The minimum Gasteiger partial charge on any atom is -0.385 e. The van der Waals surface area contributed by atoms with Crippen LogP contribution in [-0.4, -0.2) is 6.29 Å². The summed E-state index contributed by atoms with van der Waals surface area (Å²) in [6.45, 7) is 27.9. The third-order valence-electron chi connectivity index (χ3n) is 9.91. The van der Waals surface area contributed by atoms with E-state index in [2.05, 4.69) is 98.5 Å². The number of allylic oxidation sites excluding steroid dienone is 1. The fourth-order valence-corrected chi connectivity index (χ4v) is 5.50. The van der Waals surface area contributed by atoms with E-state index < -0.39 is 6.17 Å². The van der Waals surface area contributed by atoms with Crippen LogP contribution in [-0.2, 0) is 17.8 Å². The Hall–Kier alpha value is -2.42. The molecule has 3 atom stereocenters. The van der Waals surface area contributed by atoms with Gasteiger partial charge >= 0.3 is 0 Å². The monoisotopic (exact) mass is 638 g/mol. The number of nitrogens with one attached hydrogen (secondary N) is 1. The summed E-state index contributed by atoms with van der Waals surface area (Å²) in [5.74, 6) is 3.74. The summed E-state index contributed by atoms with van der Waals surface area (Å²) in [5.41, 5.74) is 6.62. The van der Waals surface area contributed by atoms with Gasteiger partial charge in [-0.3, -0.25) is 0 Å². The lowest BCUT2D eigenvalue weighted by molar-refractivity contribution is -0.106. The van der Waals surface area contributed by atoms with Crippen molar-refractivity contribution in [3.05, 3.63) is 83.1 Å². The average molecular weight is 638 g/mol. The molecule has 0 bridgehead atoms. The maximum atomic E-state index is 13.0. The second-order valence-corrected chi connectivity index (χ2v) is 14.1. The van der Waals surface area contributed by atoms with Gasteiger partial charge in [0.25, 0.3) is 0 Å². The van der Waals surface area contributed by atoms with Crippen molar-refractivity contribution < 1.29 is 9.18 Å². The predicted octanol–water partition coefficient (Wildman–Crippen LogP) is 13.4. The molecule has 2 aliphatic rings. The molecule has 2 nitrogen and oxygen atoms in total. The first kappa shape index (κ1) is 43.6. The van der Waals surface area contributed by atoms with Gasteiger partial charge in [-0.2, -0.15) is 0 Å². The lowest BCUT2D eigenvalue weighted by Crippen LogP contribution is -2.11. The molecule has 0 aliphatic heterocycles. The highest BCUT2D eigenvalue weighted by Gasteiger charge is 2.46. The number of carbonyl (C=O) groups is 1. The molecule has 2 aliphatic carbocycles. The highest BCUT2D eigenvalue weighted by molar-refractivity contribution is 5.44. The molecule has 0 radical (unpaired) electrons. The molecular weight excluding hydrogens is 565 g/mol. The fraction of sp³-hybridized carbons (Fsp3) is 0.651. The number of hydrogen-bond acceptors (Lipinski definition) is 2. The number of aldehydes is 1. The molecule has 2 aromatic carbocycles. The predicted molar refractivity (Wildman–Crippen MR) is 202 cm³/mol. The van der Waals surface area contributed by atoms with Crippen molar-refractivity contribution in [3.8, 4) is 0 Å². The average Bonchev–Trinajstić information content (AvgIpc) is 3.75. The highest BCUT2D eigenvalue weighted by Crippen LogP contribution is 2.56. The molecule has 4 rings (SSSR count). The maximum absolute atomic E-state index is 13.0. The van der Waals surface area contributed by atoms with Crippen LogP contribution in [0.2, 0.25) is 0 Å². The topological polar surface area (TPSA) is 29.1 Å². The van der Waals surface area contributed by atoms with E-state index in [1.54, 1.807) is 12.5 Å². The van der Waals surface area contributed by atoms with Gasteiger partial charge in [0.15, 0.2) is 0 Å². The number of alkyl halides is 1. The zero-order valence-corrected chi connectivity index (χ0v) is 31.9. The Labute approximate surface area is 285 Å². The van der Waals surface area contributed by atoms with Crippen LogP contribution in [0.3, 0.4) is 0 Å². The van der Waals surface area contributed by atoms with Crippen LogP contribution >= 0.6 is 0 Å². The van der Waals surface area contributed by atoms with Crippen LogP contribution < -0.4 is 5.32 Å². The molecule has 0 amide bonds. The molecule has 0 heterocycles. The number of hydrogen-bond donors (Lipinski definition) is 1. The number of rotatable bonds is 10. The quantitative estimate of drug-likeness (QED) is 0.263. The van der Waals surface area contributed by atoms with Gasteiger partial charge in [-0.1, -0.05) is 150 Å². The molecule has 2 aromatic rings. The first-order chi connectivity index (χ1) is 21.8. The lowest BCUT2D eigenvalue weighted by Gasteiger charge is -2.26. The van der Waals surface area contributed by atoms with Gasteiger partial charge < -0.3 is 10.1 Å². The van der Waals surface area contributed by atoms with Crippen molar-refractivity contribution in [2.75, 3.05) is 0 Å². The van der Waals surface area contributed by atoms with E-state index in [4.69, 9.17) is 4.79 Å². The van der Waals surface area contributed by atoms with Crippen LogP contribution in [0.4, 0.5) is 4.39 Å². The van der Waals surface area contributed by atoms with Crippen LogP contribution in [0.5, 0.6) is 0 Å². The molecule has 0 spiro atoms. The Morgan fingerprint density at radius 3 is 1.93 bits per heavy atom. The second-order valence-electron chi connectivity index (χ2n) is 14.1. The molecule has 46 heavy (non-hydrogen) atoms. The van der Waals surface area contributed by atoms with Crippen molar-refractivity contribution in [2.24, 2.45) is 23.2 Å². The zero-order chi connectivity index (χ0) is 35.1. The number of benzene rings is 2. The standard InChI is InChI=1S/C15H22.C13H18FN.C8H16.C5H12.C2H4O/c1-3-13-6-10-15(11-7-13)14-8-4-12(2)5-9-14;1-4-10(2)15-9-12-6-5-7-13(8-12)11(3)14;1-4-7-6-8(7,3)5-2;1-4-5(2)3;1-2-3/h6-7,10-12,14H,3-5,8-9H2,1-2H3;5-8,11,15H,2,4,9H2,1,3H3;7H,4-6H2,1-3H3;5H,4H2,1-3H3;2H,1H3. The molecular formula is C43H72FNO. The minimum absolute atomic E-state index is 0.716. The number of carbonyl (C=O) groups excluding carboxylic acids is 1. The molecule has 0 aromatic heterocycles. The molecule has 2 saturated carbocycles. The van der Waals surface area contributed by atoms with Gasteiger partial charge in [-0.25, -0.2) is 4.39 Å². The molecule has 1 N–H and O–H groups in total. The number of aryl methyl sites for hydroxylation is 1. The normalized spacial score (nSPS) is 21.7. The summed E-state index contributed by atoms with van der Waals surface area (Å²) in [7, 11) is 0. The highest BCUT2D eigenvalue weighted by atomic mass is 19.1. The van der Waals surface area contributed by atoms with E-state index in [-0.39, 0.29) is 0 Å². The van der Waals surface area contributed by atoms with E-state index in [9.17, 15) is 4.39 Å². The molecule has 2 fully saturated rings. The van der Waals surface area contributed by atoms with E-state index in [0.717, 1.165) is 65.0 Å². The van der Waals surface area contributed by atoms with Gasteiger partial charge in [-0.05, 0) is 97.3 Å². The number of halogens is 1. The van der Waals surface area contributed by atoms with Gasteiger partial charge in [0, 0.05) is 12.2 Å². The van der Waals surface area contributed by atoms with Crippen molar-refractivity contribution >= 4 is 6.29 Å². The fourth-order valence-electron chi connectivity index (χ4n) is 5.50. The van der Waals surface area contributed by atoms with E-state index in [0.29, 0.717) is 6.54 Å². The van der Waals surface area contributed by atoms with Gasteiger partial charge in [0.05, 0.1) is 0 Å². The van der Waals surface area contributed by atoms with Crippen LogP contribution in [0.1, 0.15) is 168 Å². The van der Waals surface area contributed by atoms with Crippen LogP contribution in [0, 0.1) is 23.2 Å². The first-order valence-electron chi connectivity index (χ1n) is 18.5. The third-order valence-corrected chi connectivity index (χ3v) is 9.91. The Bertz CT molecular complexity index is 1050. The summed E-state index contributed by atoms with van der Waals surface area (Å²) in [5, 5.41) is 3.20. The Kier molecular flexibility index (Phi) is 23.4. The molecule has 0 saturated heterocycles. The molecule has 3 heteroatoms. The van der Waals surface area contributed by atoms with Crippen molar-refractivity contribution in [1.29, 1.82) is 0 Å². The Morgan fingerprint density at radius 2 is 1.54 bits per heavy atom. The Balaban J connectivity index is 0.000000610. The largest absolute Gasteiger partial charge is 0.385 e. The lowest BCUT2D eigenvalue weighted by atomic mass is 9.79. The van der Waals surface area contributed by atoms with Gasteiger partial charge in [0.1, 0.15) is 12.5 Å². The molecule has 262 valence electrons. The SMILES string of the molecule is C=C(CC)NCc1cccc(C(C)F)c1.CC=O.CCC(C)C.CCC1CC1(C)CC.CCc1ccc(C2CCC(C)CC2)cc1. The Morgan fingerprint density at radius 1 is 0.978 bits per heavy atom. The van der Waals surface area contributed by atoms with E-state index >= 15 is 0 Å². The smallest absolute Gasteiger partial charge is 0.122 e. The summed E-state index contributed by atoms with van der Waals surface area (Å²) in [6.07, 6.45) is 13.1. The summed E-state index contributed by atoms with van der Waals surface area (Å²) < 4.78 is 13.0. The zero-order valence-electron chi connectivity index (χ0n) is 31.9. The van der Waals surface area contributed by atoms with Crippen molar-refractivity contribution in [2.45, 2.75) is 159 Å². The van der Waals surface area contributed by atoms with Gasteiger partial charge in [-0.15, -0.1) is 0 Å². The minimum atomic E-state index is -0.903. The molecule has 3 unspecified atom stereocenters. The maximum Gasteiger partial charge on any atom is 0.122 e. The van der Waals surface area contributed by atoms with Crippen molar-refractivity contribution in [3.63, 3.8) is 0 Å². The van der Waals surface area contributed by atoms with Crippen LogP contribution in [0.15, 0.2) is 60.8 Å². The van der Waals surface area contributed by atoms with Crippen molar-refractivity contribution in [1.82, 2.24) is 5.32 Å². The van der Waals surface area contributed by atoms with Crippen LogP contribution in [0.25, 0.3) is 0 Å². The third kappa shape index (κ3) is 18.7. The summed E-state index contributed by atoms with van der Waals surface area (Å²) in [4.78, 5) is 8.81. The van der Waals surface area contributed by atoms with E-state index in [1.165, 1.54) is 63.9 Å². The summed E-state index contributed by atoms with van der Waals surface area (Å²) >= 11 is 0. The second kappa shape index (κ2) is 24.7. The first-order valence-corrected chi connectivity index (χ1v) is 18.5. The van der Waals surface area contributed by atoms with Gasteiger partial charge in [0.2, 0.25) is 0 Å². The van der Waals surface area contributed by atoms with E-state index in [1.807, 2.05) is 24.3 Å². The summed E-state index contributed by atoms with van der Waals surface area (Å²) in [6, 6.07) is 16.9.